The first-order chi connectivity index (χ1) is 9.62. The van der Waals surface area contributed by atoms with Gasteiger partial charge in [0.05, 0.1) is 24.9 Å². The van der Waals surface area contributed by atoms with E-state index < -0.39 is 5.82 Å². The van der Waals surface area contributed by atoms with Gasteiger partial charge in [0.25, 0.3) is 0 Å². The molecule has 0 N–H and O–H groups in total. The van der Waals surface area contributed by atoms with Crippen molar-refractivity contribution in [3.8, 4) is 35.2 Å². The molecule has 0 aliphatic carbocycles. The van der Waals surface area contributed by atoms with Crippen LogP contribution in [-0.2, 0) is 0 Å². The van der Waals surface area contributed by atoms with Gasteiger partial charge in [0.1, 0.15) is 23.5 Å². The van der Waals surface area contributed by atoms with Crippen molar-refractivity contribution in [2.24, 2.45) is 0 Å². The molecule has 6 heteroatoms. The molecule has 1 heterocycles. The molecule has 2 rings (SSSR count). The van der Waals surface area contributed by atoms with E-state index >= 15 is 0 Å². The second kappa shape index (κ2) is 5.76. The molecule has 0 atom stereocenters. The first-order valence-corrected chi connectivity index (χ1v) is 5.89. The minimum atomic E-state index is -0.562. The predicted octanol–water partition coefficient (Wildman–Crippen LogP) is 2.93. The monoisotopic (exact) mass is 292 g/mol. The Morgan fingerprint density at radius 3 is 2.60 bits per heavy atom. The molecule has 4 nitrogen and oxygen atoms in total. The lowest BCUT2D eigenvalue weighted by Crippen LogP contribution is -1.99. The quantitative estimate of drug-likeness (QED) is 0.816. The van der Waals surface area contributed by atoms with E-state index in [2.05, 4.69) is 15.9 Å². The van der Waals surface area contributed by atoms with Crippen molar-refractivity contribution in [3.05, 3.63) is 34.9 Å². The average Bonchev–Trinajstić information content (AvgIpc) is 2.46. The number of terminal acetylenes is 1. The third-order valence-corrected chi connectivity index (χ3v) is 2.94. The SMILES string of the molecule is C#Cc1c(OC)ncnc1-c1cc(OC)c(Cl)cc1F. The van der Waals surface area contributed by atoms with Gasteiger partial charge in [-0.25, -0.2) is 14.4 Å². The molecule has 0 saturated carbocycles. The zero-order chi connectivity index (χ0) is 14.7. The lowest BCUT2D eigenvalue weighted by molar-refractivity contribution is 0.395. The minimum Gasteiger partial charge on any atom is -0.495 e. The normalized spacial score (nSPS) is 9.95. The Balaban J connectivity index is 2.72. The minimum absolute atomic E-state index is 0.164. The number of aromatic nitrogens is 2. The van der Waals surface area contributed by atoms with Crippen LogP contribution in [0.4, 0.5) is 4.39 Å². The fourth-order valence-electron chi connectivity index (χ4n) is 1.73. The molecule has 20 heavy (non-hydrogen) atoms. The number of nitrogens with zero attached hydrogens (tertiary/aromatic N) is 2. The Kier molecular flexibility index (Phi) is 4.06. The fourth-order valence-corrected chi connectivity index (χ4v) is 1.95. The van der Waals surface area contributed by atoms with Crippen molar-refractivity contribution in [1.29, 1.82) is 0 Å². The molecule has 0 spiro atoms. The van der Waals surface area contributed by atoms with E-state index in [0.29, 0.717) is 5.75 Å². The number of methoxy groups -OCH3 is 2. The van der Waals surface area contributed by atoms with Crippen molar-refractivity contribution in [3.63, 3.8) is 0 Å². The number of halogens is 2. The summed E-state index contributed by atoms with van der Waals surface area (Å²) in [5, 5.41) is 0.164. The van der Waals surface area contributed by atoms with Gasteiger partial charge in [0.2, 0.25) is 5.88 Å². The lowest BCUT2D eigenvalue weighted by atomic mass is 10.1. The van der Waals surface area contributed by atoms with Crippen LogP contribution in [0.1, 0.15) is 5.56 Å². The summed E-state index contributed by atoms with van der Waals surface area (Å²) in [6.45, 7) is 0. The smallest absolute Gasteiger partial charge is 0.232 e. The van der Waals surface area contributed by atoms with E-state index in [1.54, 1.807) is 0 Å². The topological polar surface area (TPSA) is 44.2 Å². The maximum Gasteiger partial charge on any atom is 0.232 e. The van der Waals surface area contributed by atoms with Gasteiger partial charge in [0, 0.05) is 5.56 Å². The van der Waals surface area contributed by atoms with Crippen LogP contribution in [0.3, 0.4) is 0 Å². The van der Waals surface area contributed by atoms with Gasteiger partial charge in [-0.05, 0) is 12.1 Å². The highest BCUT2D eigenvalue weighted by molar-refractivity contribution is 6.32. The number of hydrogen-bond donors (Lipinski definition) is 0. The van der Waals surface area contributed by atoms with Crippen LogP contribution in [-0.4, -0.2) is 24.2 Å². The van der Waals surface area contributed by atoms with E-state index in [0.717, 1.165) is 6.07 Å². The molecular formula is C14H10ClFN2O2. The van der Waals surface area contributed by atoms with Crippen LogP contribution in [0.25, 0.3) is 11.3 Å². The van der Waals surface area contributed by atoms with E-state index in [4.69, 9.17) is 27.5 Å². The summed E-state index contributed by atoms with van der Waals surface area (Å²) >= 11 is 5.86. The van der Waals surface area contributed by atoms with Crippen molar-refractivity contribution >= 4 is 11.6 Å². The van der Waals surface area contributed by atoms with Crippen LogP contribution >= 0.6 is 11.6 Å². The highest BCUT2D eigenvalue weighted by Crippen LogP contribution is 2.34. The standard InChI is InChI=1S/C14H10ClFN2O2/c1-4-8-13(17-7-18-14(8)20-3)9-5-12(19-2)10(15)6-11(9)16/h1,5-7H,2-3H3. The molecule has 0 aliphatic rings. The predicted molar refractivity (Wildman–Crippen MR) is 73.5 cm³/mol. The van der Waals surface area contributed by atoms with Crippen LogP contribution in [0.5, 0.6) is 11.6 Å². The lowest BCUT2D eigenvalue weighted by Gasteiger charge is -2.10. The van der Waals surface area contributed by atoms with Crippen molar-refractivity contribution in [2.45, 2.75) is 0 Å². The summed E-state index contributed by atoms with van der Waals surface area (Å²) in [4.78, 5) is 7.91. The van der Waals surface area contributed by atoms with E-state index in [9.17, 15) is 4.39 Å². The van der Waals surface area contributed by atoms with E-state index in [1.165, 1.54) is 26.6 Å². The Hall–Kier alpha value is -2.32. The highest BCUT2D eigenvalue weighted by atomic mass is 35.5. The Morgan fingerprint density at radius 2 is 2.00 bits per heavy atom. The summed E-state index contributed by atoms with van der Waals surface area (Å²) in [6.07, 6.45) is 6.67. The summed E-state index contributed by atoms with van der Waals surface area (Å²) in [6, 6.07) is 2.57. The van der Waals surface area contributed by atoms with Crippen molar-refractivity contribution in [1.82, 2.24) is 9.97 Å². The zero-order valence-corrected chi connectivity index (χ0v) is 11.5. The summed E-state index contributed by atoms with van der Waals surface area (Å²) < 4.78 is 24.2. The van der Waals surface area contributed by atoms with Gasteiger partial charge < -0.3 is 9.47 Å². The van der Waals surface area contributed by atoms with Gasteiger partial charge in [-0.1, -0.05) is 17.5 Å². The first-order valence-electron chi connectivity index (χ1n) is 5.51. The van der Waals surface area contributed by atoms with Gasteiger partial charge >= 0.3 is 0 Å². The maximum atomic E-state index is 14.1. The van der Waals surface area contributed by atoms with E-state index in [-0.39, 0.29) is 27.7 Å². The molecule has 0 aliphatic heterocycles. The summed E-state index contributed by atoms with van der Waals surface area (Å²) in [5.74, 6) is 2.36. The number of benzene rings is 1. The second-order valence-electron chi connectivity index (χ2n) is 3.72. The average molecular weight is 293 g/mol. The Labute approximate surface area is 120 Å². The molecule has 1 aromatic carbocycles. The van der Waals surface area contributed by atoms with Gasteiger partial charge in [-0.3, -0.25) is 0 Å². The third-order valence-electron chi connectivity index (χ3n) is 2.65. The fraction of sp³-hybridized carbons (Fsp3) is 0.143. The van der Waals surface area contributed by atoms with Crippen LogP contribution in [0.2, 0.25) is 5.02 Å². The van der Waals surface area contributed by atoms with Crippen molar-refractivity contribution < 1.29 is 13.9 Å². The summed E-state index contributed by atoms with van der Waals surface area (Å²) in [5.41, 5.74) is 0.671. The van der Waals surface area contributed by atoms with Gasteiger partial charge in [-0.2, -0.15) is 0 Å². The first kappa shape index (κ1) is 14.1. The number of ether oxygens (including phenoxy) is 2. The van der Waals surface area contributed by atoms with Crippen molar-refractivity contribution in [2.75, 3.05) is 14.2 Å². The molecule has 0 radical (unpaired) electrons. The summed E-state index contributed by atoms with van der Waals surface area (Å²) in [7, 11) is 2.86. The Morgan fingerprint density at radius 1 is 1.25 bits per heavy atom. The molecule has 102 valence electrons. The van der Waals surface area contributed by atoms with Gasteiger partial charge in [-0.15, -0.1) is 6.42 Å². The zero-order valence-electron chi connectivity index (χ0n) is 10.8. The molecule has 2 aromatic rings. The number of hydrogen-bond acceptors (Lipinski definition) is 4. The molecule has 0 fully saturated rings. The van der Waals surface area contributed by atoms with Gasteiger partial charge in [0.15, 0.2) is 0 Å². The Bertz CT molecular complexity index is 698. The highest BCUT2D eigenvalue weighted by Gasteiger charge is 2.17. The molecular weight excluding hydrogens is 283 g/mol. The van der Waals surface area contributed by atoms with Crippen LogP contribution in [0.15, 0.2) is 18.5 Å². The molecule has 1 aromatic heterocycles. The third kappa shape index (κ3) is 2.38. The van der Waals surface area contributed by atoms with Crippen LogP contribution in [0, 0.1) is 18.2 Å². The number of rotatable bonds is 3. The molecule has 0 amide bonds. The molecule has 0 bridgehead atoms. The molecule has 0 unspecified atom stereocenters. The van der Waals surface area contributed by atoms with E-state index in [1.807, 2.05) is 0 Å². The largest absolute Gasteiger partial charge is 0.495 e. The van der Waals surface area contributed by atoms with Crippen LogP contribution < -0.4 is 9.47 Å². The molecule has 0 saturated heterocycles. The second-order valence-corrected chi connectivity index (χ2v) is 4.12. The maximum absolute atomic E-state index is 14.1.